The molecule has 0 bridgehead atoms. The normalized spacial score (nSPS) is 24.6. The lowest BCUT2D eigenvalue weighted by Crippen LogP contribution is -2.46. The summed E-state index contributed by atoms with van der Waals surface area (Å²) in [4.78, 5) is 6.73. The Morgan fingerprint density at radius 3 is 2.71 bits per heavy atom. The Hall–Kier alpha value is -2.26. The quantitative estimate of drug-likeness (QED) is 0.679. The highest BCUT2D eigenvalue weighted by atomic mass is 79.9. The van der Waals surface area contributed by atoms with Gasteiger partial charge in [-0.25, -0.2) is 0 Å². The van der Waals surface area contributed by atoms with Gasteiger partial charge < -0.3 is 19.7 Å². The van der Waals surface area contributed by atoms with Crippen molar-refractivity contribution in [3.8, 4) is 11.5 Å². The minimum absolute atomic E-state index is 0.00107. The van der Waals surface area contributed by atoms with Crippen LogP contribution >= 0.6 is 28.1 Å². The molecule has 9 heteroatoms. The molecule has 144 valence electrons. The van der Waals surface area contributed by atoms with Gasteiger partial charge in [-0.05, 0) is 54.0 Å². The molecule has 0 spiro atoms. The molecule has 2 aromatic rings. The fraction of sp³-hybridized carbons (Fsp3) is 0.263. The van der Waals surface area contributed by atoms with Gasteiger partial charge in [0.05, 0.1) is 0 Å². The predicted molar refractivity (Wildman–Crippen MR) is 107 cm³/mol. The molecular weight excluding hydrogens is 452 g/mol. The first-order valence-electron chi connectivity index (χ1n) is 8.70. The Labute approximate surface area is 173 Å². The standard InChI is InChI=1S/C19H14BrF2N3O2S/c20-13-4-1-3-11(9-13)18(16-23-7-2-8-25(16)17(28)24-18)12-5-6-14-15(10-12)27-19(21,22)26-14/h1,3-6,9-10H,2,7-8H2,(H,24,28). The minimum atomic E-state index is -3.67. The monoisotopic (exact) mass is 465 g/mol. The van der Waals surface area contributed by atoms with E-state index in [2.05, 4.69) is 30.7 Å². The summed E-state index contributed by atoms with van der Waals surface area (Å²) in [6, 6.07) is 12.6. The van der Waals surface area contributed by atoms with Gasteiger partial charge in [0.1, 0.15) is 11.4 Å². The van der Waals surface area contributed by atoms with Crippen LogP contribution in [0.15, 0.2) is 51.9 Å². The van der Waals surface area contributed by atoms with Crippen LogP contribution in [0.25, 0.3) is 0 Å². The molecule has 1 atom stereocenters. The highest BCUT2D eigenvalue weighted by molar-refractivity contribution is 9.10. The zero-order valence-corrected chi connectivity index (χ0v) is 16.8. The number of nitrogens with zero attached hydrogens (tertiary/aromatic N) is 2. The average Bonchev–Trinajstić information content (AvgIpc) is 3.14. The lowest BCUT2D eigenvalue weighted by Gasteiger charge is -2.33. The molecule has 0 aromatic heterocycles. The number of hydrogen-bond acceptors (Lipinski definition) is 4. The van der Waals surface area contributed by atoms with E-state index in [9.17, 15) is 8.78 Å². The molecule has 1 N–H and O–H groups in total. The summed E-state index contributed by atoms with van der Waals surface area (Å²) in [5.41, 5.74) is 0.673. The molecule has 0 amide bonds. The molecule has 0 aliphatic carbocycles. The largest absolute Gasteiger partial charge is 0.586 e. The second-order valence-electron chi connectivity index (χ2n) is 6.73. The van der Waals surface area contributed by atoms with E-state index in [0.29, 0.717) is 17.2 Å². The van der Waals surface area contributed by atoms with Gasteiger partial charge in [0.2, 0.25) is 0 Å². The first kappa shape index (κ1) is 17.8. The molecule has 1 saturated heterocycles. The number of ether oxygens (including phenoxy) is 2. The molecule has 3 aliphatic heterocycles. The predicted octanol–water partition coefficient (Wildman–Crippen LogP) is 4.01. The van der Waals surface area contributed by atoms with Crippen molar-refractivity contribution in [2.75, 3.05) is 13.1 Å². The lowest BCUT2D eigenvalue weighted by molar-refractivity contribution is -0.286. The maximum absolute atomic E-state index is 13.5. The van der Waals surface area contributed by atoms with Gasteiger partial charge in [0.15, 0.2) is 16.6 Å². The Morgan fingerprint density at radius 2 is 1.89 bits per heavy atom. The van der Waals surface area contributed by atoms with Crippen molar-refractivity contribution in [3.63, 3.8) is 0 Å². The third-order valence-corrected chi connectivity index (χ3v) is 5.84. The van der Waals surface area contributed by atoms with Crippen molar-refractivity contribution in [2.45, 2.75) is 18.3 Å². The Balaban J connectivity index is 1.73. The summed E-state index contributed by atoms with van der Waals surface area (Å²) >= 11 is 9.10. The summed E-state index contributed by atoms with van der Waals surface area (Å²) in [5.74, 6) is 0.744. The van der Waals surface area contributed by atoms with Crippen molar-refractivity contribution >= 4 is 39.1 Å². The third-order valence-electron chi connectivity index (χ3n) is 5.02. The molecule has 5 rings (SSSR count). The van der Waals surface area contributed by atoms with Gasteiger partial charge in [0, 0.05) is 17.6 Å². The van der Waals surface area contributed by atoms with Crippen LogP contribution in [0.5, 0.6) is 11.5 Å². The third kappa shape index (κ3) is 2.60. The topological polar surface area (TPSA) is 46.1 Å². The molecule has 28 heavy (non-hydrogen) atoms. The molecule has 5 nitrogen and oxygen atoms in total. The number of benzene rings is 2. The summed E-state index contributed by atoms with van der Waals surface area (Å²) in [7, 11) is 0. The maximum atomic E-state index is 13.5. The van der Waals surface area contributed by atoms with Gasteiger partial charge in [-0.3, -0.25) is 4.99 Å². The lowest BCUT2D eigenvalue weighted by atomic mass is 9.81. The van der Waals surface area contributed by atoms with Crippen LogP contribution in [0.3, 0.4) is 0 Å². The van der Waals surface area contributed by atoms with E-state index in [1.165, 1.54) is 6.07 Å². The number of nitrogens with one attached hydrogen (secondary N) is 1. The molecule has 2 aromatic carbocycles. The zero-order valence-electron chi connectivity index (χ0n) is 14.4. The molecule has 1 unspecified atom stereocenters. The number of amidine groups is 1. The summed E-state index contributed by atoms with van der Waals surface area (Å²) < 4.78 is 37.2. The number of hydrogen-bond donors (Lipinski definition) is 1. The van der Waals surface area contributed by atoms with E-state index < -0.39 is 11.8 Å². The number of rotatable bonds is 2. The summed E-state index contributed by atoms with van der Waals surface area (Å²) in [5, 5.41) is 3.96. The van der Waals surface area contributed by atoms with E-state index in [1.54, 1.807) is 12.1 Å². The molecule has 0 radical (unpaired) electrons. The molecule has 0 saturated carbocycles. The Kier molecular flexibility index (Phi) is 3.89. The van der Waals surface area contributed by atoms with Gasteiger partial charge in [-0.15, -0.1) is 8.78 Å². The second-order valence-corrected chi connectivity index (χ2v) is 8.03. The number of halogens is 3. The van der Waals surface area contributed by atoms with Gasteiger partial charge in [0.25, 0.3) is 0 Å². The average molecular weight is 466 g/mol. The molecule has 3 aliphatic rings. The van der Waals surface area contributed by atoms with Crippen molar-refractivity contribution in [3.05, 3.63) is 58.1 Å². The van der Waals surface area contributed by atoms with Crippen molar-refractivity contribution < 1.29 is 18.3 Å². The summed E-state index contributed by atoms with van der Waals surface area (Å²) in [6.07, 6.45) is -2.77. The van der Waals surface area contributed by atoms with E-state index in [0.717, 1.165) is 28.8 Å². The van der Waals surface area contributed by atoms with E-state index in [4.69, 9.17) is 17.2 Å². The second kappa shape index (κ2) is 6.12. The first-order chi connectivity index (χ1) is 13.4. The van der Waals surface area contributed by atoms with Crippen molar-refractivity contribution in [1.29, 1.82) is 0 Å². The van der Waals surface area contributed by atoms with E-state index >= 15 is 0 Å². The van der Waals surface area contributed by atoms with Crippen LogP contribution in [0.2, 0.25) is 0 Å². The SMILES string of the molecule is FC1(F)Oc2ccc(C3(c4cccc(Br)c4)NC(=S)N4CCCN=C43)cc2O1. The molecule has 1 fully saturated rings. The van der Waals surface area contributed by atoms with Crippen LogP contribution in [0.4, 0.5) is 8.78 Å². The van der Waals surface area contributed by atoms with Crippen LogP contribution in [0, 0.1) is 0 Å². The van der Waals surface area contributed by atoms with Gasteiger partial charge in [-0.1, -0.05) is 34.1 Å². The van der Waals surface area contributed by atoms with E-state index in [-0.39, 0.29) is 11.5 Å². The molecular formula is C19H14BrF2N3O2S. The maximum Gasteiger partial charge on any atom is 0.586 e. The number of fused-ring (bicyclic) bond motifs is 2. The fourth-order valence-corrected chi connectivity index (χ4v) is 4.61. The summed E-state index contributed by atoms with van der Waals surface area (Å²) in [6.45, 7) is 1.43. The Bertz CT molecular complexity index is 1030. The highest BCUT2D eigenvalue weighted by Crippen LogP contribution is 2.46. The number of aliphatic imine (C=N–C) groups is 1. The van der Waals surface area contributed by atoms with Crippen LogP contribution in [-0.4, -0.2) is 35.2 Å². The number of thiocarbonyl (C=S) groups is 1. The minimum Gasteiger partial charge on any atom is -0.395 e. The fourth-order valence-electron chi connectivity index (χ4n) is 3.88. The zero-order chi connectivity index (χ0) is 19.5. The van der Waals surface area contributed by atoms with E-state index in [1.807, 2.05) is 29.2 Å². The van der Waals surface area contributed by atoms with Crippen LogP contribution in [0.1, 0.15) is 17.5 Å². The van der Waals surface area contributed by atoms with Crippen LogP contribution < -0.4 is 14.8 Å². The van der Waals surface area contributed by atoms with Crippen molar-refractivity contribution in [2.24, 2.45) is 4.99 Å². The van der Waals surface area contributed by atoms with Gasteiger partial charge >= 0.3 is 6.29 Å². The Morgan fingerprint density at radius 1 is 1.11 bits per heavy atom. The highest BCUT2D eigenvalue weighted by Gasteiger charge is 2.52. The molecule has 3 heterocycles. The first-order valence-corrected chi connectivity index (χ1v) is 9.90. The smallest absolute Gasteiger partial charge is 0.395 e. The number of alkyl halides is 2. The van der Waals surface area contributed by atoms with Crippen molar-refractivity contribution in [1.82, 2.24) is 10.2 Å². The van der Waals surface area contributed by atoms with Gasteiger partial charge in [-0.2, -0.15) is 0 Å². The van der Waals surface area contributed by atoms with Crippen LogP contribution in [-0.2, 0) is 5.54 Å².